The minimum absolute atomic E-state index is 0.241. The van der Waals surface area contributed by atoms with Gasteiger partial charge in [-0.3, -0.25) is 0 Å². The molecule has 0 fully saturated rings. The van der Waals surface area contributed by atoms with E-state index >= 15 is 0 Å². The van der Waals surface area contributed by atoms with Gasteiger partial charge >= 0.3 is 5.97 Å². The number of ether oxygens (including phenoxy) is 1. The van der Waals surface area contributed by atoms with E-state index in [-0.39, 0.29) is 5.56 Å². The smallest absolute Gasteiger partial charge is 0.340 e. The minimum atomic E-state index is -0.956. The van der Waals surface area contributed by atoms with Crippen molar-refractivity contribution in [2.75, 3.05) is 27.2 Å². The first-order valence-corrected chi connectivity index (χ1v) is 7.01. The van der Waals surface area contributed by atoms with E-state index in [1.54, 1.807) is 6.07 Å². The van der Waals surface area contributed by atoms with Crippen LogP contribution in [-0.2, 0) is 0 Å². The lowest BCUT2D eigenvalue weighted by Crippen LogP contribution is -2.24. The van der Waals surface area contributed by atoms with Gasteiger partial charge in [0.2, 0.25) is 0 Å². The zero-order chi connectivity index (χ0) is 15.4. The van der Waals surface area contributed by atoms with Crippen LogP contribution in [0.25, 0.3) is 10.8 Å². The Bertz CT molecular complexity index is 637. The largest absolute Gasteiger partial charge is 0.492 e. The van der Waals surface area contributed by atoms with Gasteiger partial charge in [0.25, 0.3) is 0 Å². The van der Waals surface area contributed by atoms with Gasteiger partial charge in [0.15, 0.2) is 0 Å². The lowest BCUT2D eigenvalue weighted by molar-refractivity contribution is 0.0693. The number of rotatable bonds is 6. The maximum Gasteiger partial charge on any atom is 0.340 e. The van der Waals surface area contributed by atoms with Gasteiger partial charge in [0.1, 0.15) is 11.3 Å². The molecule has 2 aromatic rings. The molecule has 4 heteroatoms. The first-order chi connectivity index (χ1) is 9.99. The summed E-state index contributed by atoms with van der Waals surface area (Å²) in [6.45, 7) is 3.48. The van der Waals surface area contributed by atoms with Crippen LogP contribution in [0.15, 0.2) is 36.4 Å². The molecule has 0 aliphatic heterocycles. The number of nitrogens with zero attached hydrogens (tertiary/aromatic N) is 1. The molecule has 0 amide bonds. The summed E-state index contributed by atoms with van der Waals surface area (Å²) in [6, 6.07) is 11.1. The highest BCUT2D eigenvalue weighted by atomic mass is 16.5. The molecule has 0 spiro atoms. The Morgan fingerprint density at radius 1 is 1.24 bits per heavy atom. The Labute approximate surface area is 124 Å². The quantitative estimate of drug-likeness (QED) is 0.887. The molecule has 112 valence electrons. The predicted octanol–water partition coefficient (Wildman–Crippen LogP) is 3.11. The number of carboxylic acid groups (broad SMARTS) is 1. The highest BCUT2D eigenvalue weighted by molar-refractivity contribution is 6.06. The lowest BCUT2D eigenvalue weighted by Gasteiger charge is -2.18. The highest BCUT2D eigenvalue weighted by Crippen LogP contribution is 2.28. The molecule has 0 aromatic heterocycles. The molecule has 0 radical (unpaired) electrons. The number of benzene rings is 2. The van der Waals surface area contributed by atoms with Gasteiger partial charge in [0, 0.05) is 12.5 Å². The number of fused-ring (bicyclic) bond motifs is 1. The van der Waals surface area contributed by atoms with Crippen LogP contribution < -0.4 is 4.74 Å². The third-order valence-corrected chi connectivity index (χ3v) is 3.30. The number of carbonyl (C=O) groups is 1. The van der Waals surface area contributed by atoms with Crippen LogP contribution in [0.1, 0.15) is 17.3 Å². The maximum absolute atomic E-state index is 11.6. The average molecular weight is 287 g/mol. The maximum atomic E-state index is 11.6. The van der Waals surface area contributed by atoms with E-state index in [1.807, 2.05) is 44.4 Å². The highest BCUT2D eigenvalue weighted by Gasteiger charge is 2.16. The molecule has 0 saturated heterocycles. The van der Waals surface area contributed by atoms with Crippen LogP contribution in [-0.4, -0.2) is 43.2 Å². The van der Waals surface area contributed by atoms with E-state index < -0.39 is 5.97 Å². The van der Waals surface area contributed by atoms with E-state index in [9.17, 15) is 9.90 Å². The summed E-state index contributed by atoms with van der Waals surface area (Å²) in [4.78, 5) is 13.7. The molecule has 0 saturated carbocycles. The fraction of sp³-hybridized carbons (Fsp3) is 0.353. The van der Waals surface area contributed by atoms with Crippen molar-refractivity contribution in [3.8, 4) is 5.75 Å². The van der Waals surface area contributed by atoms with Crippen molar-refractivity contribution in [2.45, 2.75) is 6.92 Å². The Balaban J connectivity index is 2.27. The van der Waals surface area contributed by atoms with Gasteiger partial charge in [-0.2, -0.15) is 0 Å². The van der Waals surface area contributed by atoms with Crippen molar-refractivity contribution in [1.29, 1.82) is 0 Å². The van der Waals surface area contributed by atoms with Crippen LogP contribution in [0.5, 0.6) is 5.75 Å². The molecule has 4 nitrogen and oxygen atoms in total. The number of carboxylic acids is 1. The number of hydrogen-bond acceptors (Lipinski definition) is 3. The second-order valence-electron chi connectivity index (χ2n) is 5.64. The molecule has 0 heterocycles. The van der Waals surface area contributed by atoms with E-state index in [0.717, 1.165) is 11.9 Å². The Morgan fingerprint density at radius 2 is 1.95 bits per heavy atom. The van der Waals surface area contributed by atoms with Gasteiger partial charge in [-0.25, -0.2) is 4.79 Å². The van der Waals surface area contributed by atoms with Crippen molar-refractivity contribution < 1.29 is 14.6 Å². The van der Waals surface area contributed by atoms with E-state index in [0.29, 0.717) is 23.7 Å². The van der Waals surface area contributed by atoms with E-state index in [4.69, 9.17) is 4.74 Å². The summed E-state index contributed by atoms with van der Waals surface area (Å²) in [7, 11) is 4.02. The van der Waals surface area contributed by atoms with Crippen LogP contribution in [0.4, 0.5) is 0 Å². The van der Waals surface area contributed by atoms with Crippen molar-refractivity contribution in [3.63, 3.8) is 0 Å². The molecule has 0 bridgehead atoms. The van der Waals surface area contributed by atoms with Gasteiger partial charge in [-0.1, -0.05) is 37.3 Å². The number of hydrogen-bond donors (Lipinski definition) is 1. The van der Waals surface area contributed by atoms with Gasteiger partial charge in [-0.15, -0.1) is 0 Å². The van der Waals surface area contributed by atoms with E-state index in [2.05, 4.69) is 11.8 Å². The summed E-state index contributed by atoms with van der Waals surface area (Å²) in [5, 5.41) is 11.1. The fourth-order valence-corrected chi connectivity index (χ4v) is 2.50. The van der Waals surface area contributed by atoms with Crippen LogP contribution in [0.2, 0.25) is 0 Å². The molecular formula is C17H21NO3. The van der Waals surface area contributed by atoms with Gasteiger partial charge in [-0.05, 0) is 30.9 Å². The summed E-state index contributed by atoms with van der Waals surface area (Å²) in [5.74, 6) is -0.193. The summed E-state index contributed by atoms with van der Waals surface area (Å²) in [6.07, 6.45) is 0. The Hall–Kier alpha value is -2.07. The molecule has 1 unspecified atom stereocenters. The van der Waals surface area contributed by atoms with Crippen LogP contribution >= 0.6 is 0 Å². The second-order valence-corrected chi connectivity index (χ2v) is 5.64. The zero-order valence-electron chi connectivity index (χ0n) is 12.7. The summed E-state index contributed by atoms with van der Waals surface area (Å²) < 4.78 is 5.76. The SMILES string of the molecule is CC(COc1ccc2ccccc2c1C(=O)O)CN(C)C. The normalized spacial score (nSPS) is 12.6. The number of aromatic carboxylic acids is 1. The van der Waals surface area contributed by atoms with Crippen molar-refractivity contribution in [3.05, 3.63) is 42.0 Å². The molecular weight excluding hydrogens is 266 g/mol. The third kappa shape index (κ3) is 3.73. The topological polar surface area (TPSA) is 49.8 Å². The van der Waals surface area contributed by atoms with Crippen LogP contribution in [0.3, 0.4) is 0 Å². The first kappa shape index (κ1) is 15.3. The van der Waals surface area contributed by atoms with Crippen molar-refractivity contribution in [1.82, 2.24) is 4.90 Å². The van der Waals surface area contributed by atoms with E-state index in [1.165, 1.54) is 0 Å². The molecule has 2 rings (SSSR count). The molecule has 1 atom stereocenters. The Kier molecular flexibility index (Phi) is 4.81. The first-order valence-electron chi connectivity index (χ1n) is 7.01. The van der Waals surface area contributed by atoms with Crippen LogP contribution in [0, 0.1) is 5.92 Å². The molecule has 21 heavy (non-hydrogen) atoms. The molecule has 1 N–H and O–H groups in total. The summed E-state index contributed by atoms with van der Waals surface area (Å²) >= 11 is 0. The zero-order valence-corrected chi connectivity index (χ0v) is 12.7. The molecule has 2 aromatic carbocycles. The third-order valence-electron chi connectivity index (χ3n) is 3.30. The monoisotopic (exact) mass is 287 g/mol. The molecule has 0 aliphatic carbocycles. The average Bonchev–Trinajstić information content (AvgIpc) is 2.43. The minimum Gasteiger partial charge on any atom is -0.492 e. The molecule has 0 aliphatic rings. The van der Waals surface area contributed by atoms with Crippen molar-refractivity contribution >= 4 is 16.7 Å². The standard InChI is InChI=1S/C17H21NO3/c1-12(10-18(2)3)11-21-15-9-8-13-6-4-5-7-14(13)16(15)17(19)20/h4-9,12H,10-11H2,1-3H3,(H,19,20). The second kappa shape index (κ2) is 6.59. The summed E-state index contributed by atoms with van der Waals surface area (Å²) in [5.41, 5.74) is 0.241. The van der Waals surface area contributed by atoms with Gasteiger partial charge < -0.3 is 14.7 Å². The predicted molar refractivity (Wildman–Crippen MR) is 84.1 cm³/mol. The Morgan fingerprint density at radius 3 is 2.62 bits per heavy atom. The van der Waals surface area contributed by atoms with Crippen molar-refractivity contribution in [2.24, 2.45) is 5.92 Å². The fourth-order valence-electron chi connectivity index (χ4n) is 2.50. The lowest BCUT2D eigenvalue weighted by atomic mass is 10.0. The van der Waals surface area contributed by atoms with Gasteiger partial charge in [0.05, 0.1) is 6.61 Å².